The molecular weight excluding hydrogens is 414 g/mol. The second-order valence-electron chi connectivity index (χ2n) is 6.83. The van der Waals surface area contributed by atoms with Gasteiger partial charge in [-0.05, 0) is 36.6 Å². The van der Waals surface area contributed by atoms with E-state index in [1.165, 1.54) is 18.4 Å². The highest BCUT2D eigenvalue weighted by molar-refractivity contribution is 7.17. The number of esters is 1. The molecule has 0 aliphatic rings. The maximum absolute atomic E-state index is 12.7. The predicted octanol–water partition coefficient (Wildman–Crippen LogP) is 5.10. The van der Waals surface area contributed by atoms with E-state index in [-0.39, 0.29) is 12.3 Å². The van der Waals surface area contributed by atoms with Crippen molar-refractivity contribution in [3.63, 3.8) is 0 Å². The lowest BCUT2D eigenvalue weighted by atomic mass is 10.0. The van der Waals surface area contributed by atoms with Gasteiger partial charge in [-0.1, -0.05) is 36.4 Å². The average Bonchev–Trinajstić information content (AvgIpc) is 3.12. The van der Waals surface area contributed by atoms with E-state index in [9.17, 15) is 9.59 Å². The summed E-state index contributed by atoms with van der Waals surface area (Å²) in [7, 11) is 4.50. The molecule has 31 heavy (non-hydrogen) atoms. The van der Waals surface area contributed by atoms with E-state index in [0.717, 1.165) is 21.6 Å². The molecule has 1 N–H and O–H groups in total. The van der Waals surface area contributed by atoms with Crippen LogP contribution < -0.4 is 14.8 Å². The van der Waals surface area contributed by atoms with Gasteiger partial charge < -0.3 is 19.5 Å². The molecule has 0 radical (unpaired) electrons. The first-order valence-corrected chi connectivity index (χ1v) is 10.6. The molecule has 3 rings (SSSR count). The average molecular weight is 440 g/mol. The van der Waals surface area contributed by atoms with Crippen LogP contribution in [0.3, 0.4) is 0 Å². The van der Waals surface area contributed by atoms with Crippen LogP contribution in [0.15, 0.2) is 48.5 Å². The molecule has 0 saturated carbocycles. The Bertz CT molecular complexity index is 1080. The summed E-state index contributed by atoms with van der Waals surface area (Å²) in [6.45, 7) is 1.93. The summed E-state index contributed by atoms with van der Waals surface area (Å²) in [4.78, 5) is 26.1. The Labute approximate surface area is 185 Å². The Kier molecular flexibility index (Phi) is 7.31. The number of carbonyl (C=O) groups is 2. The first kappa shape index (κ1) is 22.4. The van der Waals surface area contributed by atoms with Crippen LogP contribution in [-0.2, 0) is 16.0 Å². The molecule has 0 aliphatic carbocycles. The van der Waals surface area contributed by atoms with Gasteiger partial charge in [0.15, 0.2) is 11.5 Å². The third kappa shape index (κ3) is 5.06. The fourth-order valence-corrected chi connectivity index (χ4v) is 4.45. The van der Waals surface area contributed by atoms with E-state index in [4.69, 9.17) is 14.2 Å². The smallest absolute Gasteiger partial charge is 0.341 e. The molecule has 1 aromatic heterocycles. The highest BCUT2D eigenvalue weighted by atomic mass is 32.1. The van der Waals surface area contributed by atoms with E-state index in [1.807, 2.05) is 55.5 Å². The van der Waals surface area contributed by atoms with E-state index < -0.39 is 5.97 Å². The first-order valence-electron chi connectivity index (χ1n) is 9.76. The van der Waals surface area contributed by atoms with E-state index >= 15 is 0 Å². The van der Waals surface area contributed by atoms with Crippen LogP contribution in [0.5, 0.6) is 11.5 Å². The number of hydrogen-bond donors (Lipinski definition) is 1. The van der Waals surface area contributed by atoms with Gasteiger partial charge in [0, 0.05) is 16.9 Å². The van der Waals surface area contributed by atoms with E-state index in [1.54, 1.807) is 14.2 Å². The quantitative estimate of drug-likeness (QED) is 0.495. The molecule has 0 unspecified atom stereocenters. The van der Waals surface area contributed by atoms with Crippen molar-refractivity contribution in [1.29, 1.82) is 0 Å². The summed E-state index contributed by atoms with van der Waals surface area (Å²) in [5.41, 5.74) is 3.03. The summed E-state index contributed by atoms with van der Waals surface area (Å²) < 4.78 is 15.6. The molecule has 6 nitrogen and oxygen atoms in total. The monoisotopic (exact) mass is 439 g/mol. The third-order valence-corrected chi connectivity index (χ3v) is 5.90. The summed E-state index contributed by atoms with van der Waals surface area (Å²) in [6.07, 6.45) is 0.781. The summed E-state index contributed by atoms with van der Waals surface area (Å²) in [6, 6.07) is 15.2. The minimum absolute atomic E-state index is 0.180. The Morgan fingerprint density at radius 1 is 0.968 bits per heavy atom. The molecule has 0 aliphatic heterocycles. The van der Waals surface area contributed by atoms with Gasteiger partial charge in [-0.2, -0.15) is 0 Å². The zero-order valence-electron chi connectivity index (χ0n) is 18.0. The van der Waals surface area contributed by atoms with Crippen molar-refractivity contribution in [3.8, 4) is 22.6 Å². The van der Waals surface area contributed by atoms with Crippen LogP contribution >= 0.6 is 11.3 Å². The number of ether oxygens (including phenoxy) is 3. The number of thiophene rings is 1. The van der Waals surface area contributed by atoms with E-state index in [0.29, 0.717) is 28.5 Å². The normalized spacial score (nSPS) is 10.5. The van der Waals surface area contributed by atoms with Crippen LogP contribution in [0.1, 0.15) is 27.2 Å². The summed E-state index contributed by atoms with van der Waals surface area (Å²) in [5, 5.41) is 3.40. The van der Waals surface area contributed by atoms with Crippen molar-refractivity contribution in [2.75, 3.05) is 26.6 Å². The van der Waals surface area contributed by atoms with Gasteiger partial charge >= 0.3 is 5.97 Å². The fourth-order valence-electron chi connectivity index (χ4n) is 3.37. The van der Waals surface area contributed by atoms with Gasteiger partial charge in [-0.15, -0.1) is 11.3 Å². The van der Waals surface area contributed by atoms with Crippen LogP contribution in [0, 0.1) is 6.92 Å². The van der Waals surface area contributed by atoms with Crippen molar-refractivity contribution in [1.82, 2.24) is 0 Å². The topological polar surface area (TPSA) is 73.9 Å². The second-order valence-corrected chi connectivity index (χ2v) is 8.06. The molecule has 0 saturated heterocycles. The zero-order chi connectivity index (χ0) is 22.4. The molecule has 2 aromatic carbocycles. The molecule has 0 atom stereocenters. The second kappa shape index (κ2) is 10.1. The number of nitrogens with one attached hydrogen (secondary N) is 1. The number of rotatable bonds is 8. The van der Waals surface area contributed by atoms with Crippen LogP contribution in [0.2, 0.25) is 0 Å². The first-order chi connectivity index (χ1) is 15.0. The molecule has 3 aromatic rings. The third-order valence-electron chi connectivity index (χ3n) is 4.88. The lowest BCUT2D eigenvalue weighted by Crippen LogP contribution is -2.14. The van der Waals surface area contributed by atoms with Crippen molar-refractivity contribution in [2.45, 2.75) is 19.8 Å². The van der Waals surface area contributed by atoms with Crippen molar-refractivity contribution < 1.29 is 23.8 Å². The summed E-state index contributed by atoms with van der Waals surface area (Å²) >= 11 is 1.37. The van der Waals surface area contributed by atoms with Crippen LogP contribution in [0.25, 0.3) is 11.1 Å². The molecule has 0 spiro atoms. The number of carbonyl (C=O) groups excluding carboxylic acids is 2. The largest absolute Gasteiger partial charge is 0.493 e. The van der Waals surface area contributed by atoms with Crippen LogP contribution in [-0.4, -0.2) is 33.2 Å². The molecule has 1 amide bonds. The number of methoxy groups -OCH3 is 3. The minimum Gasteiger partial charge on any atom is -0.493 e. The van der Waals surface area contributed by atoms with Crippen molar-refractivity contribution in [2.24, 2.45) is 0 Å². The van der Waals surface area contributed by atoms with Gasteiger partial charge in [-0.3, -0.25) is 4.79 Å². The predicted molar refractivity (Wildman–Crippen MR) is 122 cm³/mol. The summed E-state index contributed by atoms with van der Waals surface area (Å²) in [5.74, 6) is 0.606. The number of hydrogen-bond acceptors (Lipinski definition) is 6. The minimum atomic E-state index is -0.474. The number of benzene rings is 2. The standard InChI is InChI=1S/C24H25NO5S/c1-15-21(17-8-6-5-7-9-17)22(24(27)30-4)23(31-15)25-20(26)13-11-16-10-12-18(28-2)19(14-16)29-3/h5-10,12,14H,11,13H2,1-4H3,(H,25,26). The van der Waals surface area contributed by atoms with Gasteiger partial charge in [0.05, 0.1) is 21.3 Å². The van der Waals surface area contributed by atoms with Gasteiger partial charge in [0.1, 0.15) is 10.6 Å². The van der Waals surface area contributed by atoms with Gasteiger partial charge in [0.25, 0.3) is 0 Å². The molecule has 1 heterocycles. The maximum atomic E-state index is 12.7. The highest BCUT2D eigenvalue weighted by Crippen LogP contribution is 2.40. The van der Waals surface area contributed by atoms with Crippen molar-refractivity contribution in [3.05, 3.63) is 64.5 Å². The van der Waals surface area contributed by atoms with E-state index in [2.05, 4.69) is 5.32 Å². The Hall–Kier alpha value is -3.32. The number of amides is 1. The van der Waals surface area contributed by atoms with Gasteiger partial charge in [-0.25, -0.2) is 4.79 Å². The number of anilines is 1. The molecule has 7 heteroatoms. The molecule has 0 bridgehead atoms. The Morgan fingerprint density at radius 3 is 2.32 bits per heavy atom. The highest BCUT2D eigenvalue weighted by Gasteiger charge is 2.25. The molecular formula is C24H25NO5S. The SMILES string of the molecule is COC(=O)c1c(NC(=O)CCc2ccc(OC)c(OC)c2)sc(C)c1-c1ccccc1. The molecule has 162 valence electrons. The van der Waals surface area contributed by atoms with Crippen LogP contribution in [0.4, 0.5) is 5.00 Å². The maximum Gasteiger partial charge on any atom is 0.341 e. The van der Waals surface area contributed by atoms with Gasteiger partial charge in [0.2, 0.25) is 5.91 Å². The Balaban J connectivity index is 1.79. The lowest BCUT2D eigenvalue weighted by molar-refractivity contribution is -0.116. The lowest BCUT2D eigenvalue weighted by Gasteiger charge is -2.10. The zero-order valence-corrected chi connectivity index (χ0v) is 18.8. The van der Waals surface area contributed by atoms with Crippen molar-refractivity contribution >= 4 is 28.2 Å². The fraction of sp³-hybridized carbons (Fsp3) is 0.250. The number of aryl methyl sites for hydroxylation is 2. The Morgan fingerprint density at radius 2 is 1.68 bits per heavy atom. The molecule has 0 fully saturated rings.